The molecule has 1 aliphatic carbocycles. The molecule has 0 aliphatic heterocycles. The quantitative estimate of drug-likeness (QED) is 0.914. The van der Waals surface area contributed by atoms with E-state index in [0.717, 1.165) is 22.6 Å². The second kappa shape index (κ2) is 5.78. The number of halogens is 1. The van der Waals surface area contributed by atoms with Crippen LogP contribution in [0.5, 0.6) is 0 Å². The first kappa shape index (κ1) is 12.1. The van der Waals surface area contributed by atoms with Crippen LogP contribution >= 0.6 is 15.9 Å². The molecule has 0 spiro atoms. The van der Waals surface area contributed by atoms with Gasteiger partial charge in [0.25, 0.3) is 0 Å². The van der Waals surface area contributed by atoms with Gasteiger partial charge in [0.1, 0.15) is 0 Å². The van der Waals surface area contributed by atoms with Crippen molar-refractivity contribution in [3.63, 3.8) is 0 Å². The molecule has 1 N–H and O–H groups in total. The molecule has 1 saturated carbocycles. The largest absolute Gasteiger partial charge is 0.308 e. The Bertz CT molecular complexity index is 317. The van der Waals surface area contributed by atoms with Gasteiger partial charge in [-0.2, -0.15) is 0 Å². The molecule has 1 aromatic heterocycles. The first-order valence-electron chi connectivity index (χ1n) is 6.09. The Labute approximate surface area is 106 Å². The van der Waals surface area contributed by atoms with Gasteiger partial charge < -0.3 is 5.32 Å². The fourth-order valence-corrected chi connectivity index (χ4v) is 2.64. The number of nitrogens with zero attached hydrogens (tertiary/aromatic N) is 1. The lowest BCUT2D eigenvalue weighted by Crippen LogP contribution is -2.31. The van der Waals surface area contributed by atoms with Gasteiger partial charge in [0.15, 0.2) is 0 Å². The molecule has 0 amide bonds. The molecule has 0 radical (unpaired) electrons. The van der Waals surface area contributed by atoms with Crippen LogP contribution < -0.4 is 5.32 Å². The van der Waals surface area contributed by atoms with E-state index in [1.807, 2.05) is 12.3 Å². The van der Waals surface area contributed by atoms with Gasteiger partial charge in [0.05, 0.1) is 5.69 Å². The zero-order valence-corrected chi connectivity index (χ0v) is 11.3. The summed E-state index contributed by atoms with van der Waals surface area (Å²) in [6.45, 7) is 3.18. The summed E-state index contributed by atoms with van der Waals surface area (Å²) in [5, 5.41) is 3.58. The zero-order valence-electron chi connectivity index (χ0n) is 9.75. The lowest BCUT2D eigenvalue weighted by Gasteiger charge is -2.20. The minimum atomic E-state index is 0.618. The Morgan fingerprint density at radius 2 is 2.19 bits per heavy atom. The van der Waals surface area contributed by atoms with Gasteiger partial charge >= 0.3 is 0 Å². The second-order valence-electron chi connectivity index (χ2n) is 4.68. The highest BCUT2D eigenvalue weighted by Gasteiger charge is 2.20. The highest BCUT2D eigenvalue weighted by molar-refractivity contribution is 9.10. The van der Waals surface area contributed by atoms with Crippen molar-refractivity contribution in [2.45, 2.75) is 45.2 Å². The molecule has 3 heteroatoms. The summed E-state index contributed by atoms with van der Waals surface area (Å²) in [7, 11) is 0. The predicted molar refractivity (Wildman–Crippen MR) is 70.2 cm³/mol. The van der Waals surface area contributed by atoms with Crippen molar-refractivity contribution in [1.82, 2.24) is 10.3 Å². The SMILES string of the molecule is CC(NCc1ccc(Br)cn1)C1CCCC1. The maximum absolute atomic E-state index is 4.37. The van der Waals surface area contributed by atoms with Crippen LogP contribution in [0.4, 0.5) is 0 Å². The van der Waals surface area contributed by atoms with E-state index in [1.54, 1.807) is 0 Å². The van der Waals surface area contributed by atoms with Crippen LogP contribution in [0.2, 0.25) is 0 Å². The smallest absolute Gasteiger partial charge is 0.0542 e. The van der Waals surface area contributed by atoms with Gasteiger partial charge in [-0.05, 0) is 53.7 Å². The van der Waals surface area contributed by atoms with E-state index in [9.17, 15) is 0 Å². The maximum atomic E-state index is 4.37. The van der Waals surface area contributed by atoms with Crippen molar-refractivity contribution in [2.75, 3.05) is 0 Å². The van der Waals surface area contributed by atoms with E-state index in [1.165, 1.54) is 25.7 Å². The minimum Gasteiger partial charge on any atom is -0.308 e. The van der Waals surface area contributed by atoms with Crippen molar-refractivity contribution < 1.29 is 0 Å². The van der Waals surface area contributed by atoms with Gasteiger partial charge in [0, 0.05) is 23.3 Å². The van der Waals surface area contributed by atoms with Crippen LogP contribution in [0.3, 0.4) is 0 Å². The highest BCUT2D eigenvalue weighted by Crippen LogP contribution is 2.27. The predicted octanol–water partition coefficient (Wildman–Crippen LogP) is 3.51. The van der Waals surface area contributed by atoms with E-state index in [2.05, 4.69) is 39.2 Å². The molecule has 1 unspecified atom stereocenters. The Hall–Kier alpha value is -0.410. The van der Waals surface area contributed by atoms with E-state index in [-0.39, 0.29) is 0 Å². The highest BCUT2D eigenvalue weighted by atomic mass is 79.9. The van der Waals surface area contributed by atoms with Crippen molar-refractivity contribution in [1.29, 1.82) is 0 Å². The summed E-state index contributed by atoms with van der Waals surface area (Å²) in [4.78, 5) is 4.37. The number of aromatic nitrogens is 1. The number of hydrogen-bond donors (Lipinski definition) is 1. The zero-order chi connectivity index (χ0) is 11.4. The molecule has 88 valence electrons. The van der Waals surface area contributed by atoms with Gasteiger partial charge in [-0.1, -0.05) is 12.8 Å². The number of nitrogens with one attached hydrogen (secondary N) is 1. The molecule has 1 aliphatic rings. The fourth-order valence-electron chi connectivity index (χ4n) is 2.40. The molecule has 0 saturated heterocycles. The van der Waals surface area contributed by atoms with E-state index in [0.29, 0.717) is 6.04 Å². The molecule has 2 nitrogen and oxygen atoms in total. The summed E-state index contributed by atoms with van der Waals surface area (Å²) in [6, 6.07) is 4.73. The molecule has 0 aromatic carbocycles. The molecule has 1 aromatic rings. The summed E-state index contributed by atoms with van der Waals surface area (Å²) in [6.07, 6.45) is 7.46. The third kappa shape index (κ3) is 3.29. The van der Waals surface area contributed by atoms with Gasteiger partial charge in [-0.3, -0.25) is 4.98 Å². The van der Waals surface area contributed by atoms with E-state index >= 15 is 0 Å². The van der Waals surface area contributed by atoms with Crippen molar-refractivity contribution in [3.05, 3.63) is 28.5 Å². The Morgan fingerprint density at radius 3 is 2.81 bits per heavy atom. The lowest BCUT2D eigenvalue weighted by atomic mass is 10.00. The molecular formula is C13H19BrN2. The average Bonchev–Trinajstić information content (AvgIpc) is 2.81. The maximum Gasteiger partial charge on any atom is 0.0542 e. The standard InChI is InChI=1S/C13H19BrN2/c1-10(11-4-2-3-5-11)15-9-13-7-6-12(14)8-16-13/h6-8,10-11,15H,2-5,9H2,1H3. The number of rotatable bonds is 4. The molecule has 1 atom stereocenters. The summed E-state index contributed by atoms with van der Waals surface area (Å²) in [5.74, 6) is 0.871. The molecule has 0 bridgehead atoms. The van der Waals surface area contributed by atoms with Gasteiger partial charge in [0.2, 0.25) is 0 Å². The van der Waals surface area contributed by atoms with Crippen LogP contribution in [-0.4, -0.2) is 11.0 Å². The third-order valence-electron chi connectivity index (χ3n) is 3.50. The average molecular weight is 283 g/mol. The molecule has 1 heterocycles. The number of pyridine rings is 1. The first-order chi connectivity index (χ1) is 7.75. The van der Waals surface area contributed by atoms with Crippen LogP contribution in [0, 0.1) is 5.92 Å². The first-order valence-corrected chi connectivity index (χ1v) is 6.89. The minimum absolute atomic E-state index is 0.618. The van der Waals surface area contributed by atoms with Crippen molar-refractivity contribution in [3.8, 4) is 0 Å². The topological polar surface area (TPSA) is 24.9 Å². The monoisotopic (exact) mass is 282 g/mol. The summed E-state index contributed by atoms with van der Waals surface area (Å²) < 4.78 is 1.04. The molecule has 16 heavy (non-hydrogen) atoms. The normalized spacial score (nSPS) is 18.9. The summed E-state index contributed by atoms with van der Waals surface area (Å²) >= 11 is 3.40. The van der Waals surface area contributed by atoms with Crippen molar-refractivity contribution in [2.24, 2.45) is 5.92 Å². The lowest BCUT2D eigenvalue weighted by molar-refractivity contribution is 0.379. The Balaban J connectivity index is 1.80. The molecule has 1 fully saturated rings. The van der Waals surface area contributed by atoms with Gasteiger partial charge in [-0.25, -0.2) is 0 Å². The van der Waals surface area contributed by atoms with Crippen LogP contribution in [0.15, 0.2) is 22.8 Å². The van der Waals surface area contributed by atoms with E-state index in [4.69, 9.17) is 0 Å². The molecule has 2 rings (SSSR count). The fraction of sp³-hybridized carbons (Fsp3) is 0.615. The van der Waals surface area contributed by atoms with Gasteiger partial charge in [-0.15, -0.1) is 0 Å². The summed E-state index contributed by atoms with van der Waals surface area (Å²) in [5.41, 5.74) is 1.12. The third-order valence-corrected chi connectivity index (χ3v) is 3.97. The van der Waals surface area contributed by atoms with Crippen LogP contribution in [0.1, 0.15) is 38.3 Å². The number of hydrogen-bond acceptors (Lipinski definition) is 2. The van der Waals surface area contributed by atoms with Crippen LogP contribution in [-0.2, 0) is 6.54 Å². The van der Waals surface area contributed by atoms with Crippen LogP contribution in [0.25, 0.3) is 0 Å². The Morgan fingerprint density at radius 1 is 1.44 bits per heavy atom. The van der Waals surface area contributed by atoms with Crippen molar-refractivity contribution >= 4 is 15.9 Å². The molecular weight excluding hydrogens is 264 g/mol. The van der Waals surface area contributed by atoms with E-state index < -0.39 is 0 Å². The second-order valence-corrected chi connectivity index (χ2v) is 5.60. The Kier molecular flexibility index (Phi) is 4.36.